The number of hydrogen-bond donors (Lipinski definition) is 1. The van der Waals surface area contributed by atoms with Gasteiger partial charge in [0.2, 0.25) is 15.9 Å². The molecular formula is C26H25FN2O6S. The second-order valence-electron chi connectivity index (χ2n) is 8.38. The van der Waals surface area contributed by atoms with Crippen LogP contribution in [0.3, 0.4) is 0 Å². The summed E-state index contributed by atoms with van der Waals surface area (Å²) in [6.45, 7) is -0.815. The number of rotatable bonds is 8. The molecule has 1 amide bonds. The Bertz CT molecular complexity index is 1380. The zero-order valence-corrected chi connectivity index (χ0v) is 20.3. The first-order valence-corrected chi connectivity index (χ1v) is 12.6. The number of aliphatic carboxylic acids is 1. The van der Waals surface area contributed by atoms with Crippen molar-refractivity contribution in [2.75, 3.05) is 26.7 Å². The number of ether oxygens (including phenoxy) is 1. The summed E-state index contributed by atoms with van der Waals surface area (Å²) in [6, 6.07) is 18.1. The number of hydrogen-bond acceptors (Lipinski definition) is 5. The fourth-order valence-corrected chi connectivity index (χ4v) is 5.45. The van der Waals surface area contributed by atoms with Crippen LogP contribution in [0.15, 0.2) is 77.7 Å². The molecule has 10 heteroatoms. The maximum atomic E-state index is 14.4. The lowest BCUT2D eigenvalue weighted by atomic mass is 9.87. The van der Waals surface area contributed by atoms with Gasteiger partial charge in [-0.2, -0.15) is 4.31 Å². The van der Waals surface area contributed by atoms with Gasteiger partial charge in [-0.25, -0.2) is 17.6 Å². The molecule has 4 rings (SSSR count). The van der Waals surface area contributed by atoms with E-state index in [1.165, 1.54) is 36.2 Å². The van der Waals surface area contributed by atoms with Crippen molar-refractivity contribution in [3.05, 3.63) is 95.3 Å². The first-order valence-electron chi connectivity index (χ1n) is 11.2. The second kappa shape index (κ2) is 10.5. The number of sulfonamides is 1. The molecular weight excluding hydrogens is 487 g/mol. The third-order valence-corrected chi connectivity index (χ3v) is 7.85. The number of nitrogens with zero attached hydrogens (tertiary/aromatic N) is 2. The lowest BCUT2D eigenvalue weighted by molar-refractivity contribution is -0.139. The van der Waals surface area contributed by atoms with Gasteiger partial charge < -0.3 is 14.7 Å². The van der Waals surface area contributed by atoms with Crippen LogP contribution in [0.2, 0.25) is 0 Å². The first kappa shape index (κ1) is 25.3. The molecule has 0 bridgehead atoms. The van der Waals surface area contributed by atoms with Gasteiger partial charge in [-0.3, -0.25) is 4.79 Å². The number of carboxylic acids is 1. The minimum Gasteiger partial charge on any atom is -0.482 e. The topological polar surface area (TPSA) is 104 Å². The standard InChI is InChI=1S/C26H25FN2O6S/c1-28(36(33,34)20-8-3-2-4-9-20)16-24(30)29-14-13-18-7-5-6-10-21(18)26(29)22-15-19(27)11-12-23(22)35-17-25(31)32/h2-12,15,26H,13-14,16-17H2,1H3,(H,31,32). The molecule has 1 heterocycles. The largest absolute Gasteiger partial charge is 0.482 e. The molecule has 188 valence electrons. The lowest BCUT2D eigenvalue weighted by Crippen LogP contribution is -2.46. The molecule has 0 aliphatic carbocycles. The van der Waals surface area contributed by atoms with Gasteiger partial charge in [-0.15, -0.1) is 0 Å². The van der Waals surface area contributed by atoms with Crippen molar-refractivity contribution in [3.63, 3.8) is 0 Å². The van der Waals surface area contributed by atoms with Crippen LogP contribution in [0.5, 0.6) is 5.75 Å². The highest BCUT2D eigenvalue weighted by Gasteiger charge is 2.35. The van der Waals surface area contributed by atoms with E-state index in [4.69, 9.17) is 9.84 Å². The molecule has 1 atom stereocenters. The highest BCUT2D eigenvalue weighted by Crippen LogP contribution is 2.40. The minimum absolute atomic E-state index is 0.0651. The van der Waals surface area contributed by atoms with Crippen LogP contribution in [0, 0.1) is 5.82 Å². The van der Waals surface area contributed by atoms with Gasteiger partial charge in [0.1, 0.15) is 11.6 Å². The number of likely N-dealkylation sites (N-methyl/N-ethyl adjacent to an activating group) is 1. The zero-order valence-electron chi connectivity index (χ0n) is 19.5. The number of carboxylic acid groups (broad SMARTS) is 1. The molecule has 0 radical (unpaired) electrons. The Labute approximate surface area is 208 Å². The summed E-state index contributed by atoms with van der Waals surface area (Å²) in [5, 5.41) is 9.07. The molecule has 0 saturated carbocycles. The molecule has 3 aromatic carbocycles. The Hall–Kier alpha value is -3.76. The van der Waals surface area contributed by atoms with Crippen molar-refractivity contribution in [3.8, 4) is 5.75 Å². The molecule has 0 spiro atoms. The number of benzene rings is 3. The summed E-state index contributed by atoms with van der Waals surface area (Å²) in [4.78, 5) is 26.2. The van der Waals surface area contributed by atoms with Gasteiger partial charge in [-0.1, -0.05) is 42.5 Å². The van der Waals surface area contributed by atoms with E-state index in [1.54, 1.807) is 24.3 Å². The SMILES string of the molecule is CN(CC(=O)N1CCc2ccccc2C1c1cc(F)ccc1OCC(=O)O)S(=O)(=O)c1ccccc1. The van der Waals surface area contributed by atoms with Crippen molar-refractivity contribution in [2.24, 2.45) is 0 Å². The number of fused-ring (bicyclic) bond motifs is 1. The Balaban J connectivity index is 1.71. The number of halogens is 1. The van der Waals surface area contributed by atoms with Crippen molar-refractivity contribution >= 4 is 21.9 Å². The summed E-state index contributed by atoms with van der Waals surface area (Å²) in [5.74, 6) is -2.13. The van der Waals surface area contributed by atoms with Gasteiger partial charge in [0, 0.05) is 19.2 Å². The monoisotopic (exact) mass is 512 g/mol. The highest BCUT2D eigenvalue weighted by atomic mass is 32.2. The van der Waals surface area contributed by atoms with E-state index in [2.05, 4.69) is 0 Å². The minimum atomic E-state index is -3.91. The highest BCUT2D eigenvalue weighted by molar-refractivity contribution is 7.89. The third kappa shape index (κ3) is 5.24. The van der Waals surface area contributed by atoms with Crippen LogP contribution < -0.4 is 4.74 Å². The molecule has 3 aromatic rings. The van der Waals surface area contributed by atoms with Gasteiger partial charge >= 0.3 is 5.97 Å². The van der Waals surface area contributed by atoms with E-state index in [0.29, 0.717) is 6.42 Å². The van der Waals surface area contributed by atoms with Crippen molar-refractivity contribution in [2.45, 2.75) is 17.4 Å². The third-order valence-electron chi connectivity index (χ3n) is 6.03. The summed E-state index contributed by atoms with van der Waals surface area (Å²) >= 11 is 0. The molecule has 0 fully saturated rings. The number of carbonyl (C=O) groups excluding carboxylic acids is 1. The normalized spacial score (nSPS) is 15.4. The molecule has 36 heavy (non-hydrogen) atoms. The van der Waals surface area contributed by atoms with E-state index in [0.717, 1.165) is 21.5 Å². The molecule has 1 aliphatic rings. The summed E-state index contributed by atoms with van der Waals surface area (Å²) in [5.41, 5.74) is 1.96. The maximum Gasteiger partial charge on any atom is 0.341 e. The van der Waals surface area contributed by atoms with E-state index in [-0.39, 0.29) is 22.8 Å². The molecule has 1 N–H and O–H groups in total. The van der Waals surface area contributed by atoms with Crippen molar-refractivity contribution < 1.29 is 32.2 Å². The van der Waals surface area contributed by atoms with Gasteiger partial charge in [0.05, 0.1) is 17.5 Å². The fourth-order valence-electron chi connectivity index (χ4n) is 4.31. The van der Waals surface area contributed by atoms with Crippen LogP contribution in [-0.4, -0.2) is 61.4 Å². The lowest BCUT2D eigenvalue weighted by Gasteiger charge is -2.39. The average molecular weight is 513 g/mol. The summed E-state index contributed by atoms with van der Waals surface area (Å²) in [6.07, 6.45) is 0.522. The summed E-state index contributed by atoms with van der Waals surface area (Å²) in [7, 11) is -2.58. The Kier molecular flexibility index (Phi) is 7.37. The molecule has 8 nitrogen and oxygen atoms in total. The number of amides is 1. The van der Waals surface area contributed by atoms with Crippen molar-refractivity contribution in [1.29, 1.82) is 0 Å². The van der Waals surface area contributed by atoms with Crippen LogP contribution in [-0.2, 0) is 26.0 Å². The second-order valence-corrected chi connectivity index (χ2v) is 10.4. The zero-order chi connectivity index (χ0) is 25.9. The van der Waals surface area contributed by atoms with Crippen LogP contribution in [0.25, 0.3) is 0 Å². The van der Waals surface area contributed by atoms with E-state index in [9.17, 15) is 22.4 Å². The van der Waals surface area contributed by atoms with Crippen LogP contribution in [0.4, 0.5) is 4.39 Å². The van der Waals surface area contributed by atoms with Crippen LogP contribution in [0.1, 0.15) is 22.7 Å². The molecule has 0 saturated heterocycles. The van der Waals surface area contributed by atoms with Gasteiger partial charge in [0.15, 0.2) is 6.61 Å². The smallest absolute Gasteiger partial charge is 0.341 e. The van der Waals surface area contributed by atoms with E-state index >= 15 is 0 Å². The average Bonchev–Trinajstić information content (AvgIpc) is 2.87. The fraction of sp³-hybridized carbons (Fsp3) is 0.231. The van der Waals surface area contributed by atoms with Crippen molar-refractivity contribution in [1.82, 2.24) is 9.21 Å². The predicted octanol–water partition coefficient (Wildman–Crippen LogP) is 3.08. The Morgan fingerprint density at radius 1 is 1.06 bits per heavy atom. The quantitative estimate of drug-likeness (QED) is 0.498. The van der Waals surface area contributed by atoms with Gasteiger partial charge in [0.25, 0.3) is 0 Å². The van der Waals surface area contributed by atoms with Gasteiger partial charge in [-0.05, 0) is 47.9 Å². The molecule has 0 aromatic heterocycles. The predicted molar refractivity (Wildman–Crippen MR) is 129 cm³/mol. The Morgan fingerprint density at radius 2 is 1.75 bits per heavy atom. The Morgan fingerprint density at radius 3 is 2.47 bits per heavy atom. The number of carbonyl (C=O) groups is 2. The maximum absolute atomic E-state index is 14.4. The van der Waals surface area contributed by atoms with E-state index < -0.39 is 46.9 Å². The first-order chi connectivity index (χ1) is 17.2. The van der Waals surface area contributed by atoms with E-state index in [1.807, 2.05) is 18.2 Å². The molecule has 1 aliphatic heterocycles. The molecule has 1 unspecified atom stereocenters. The summed E-state index contributed by atoms with van der Waals surface area (Å²) < 4.78 is 46.8. The van der Waals surface area contributed by atoms with Crippen LogP contribution >= 0.6 is 0 Å².